The molecule has 112 valence electrons. The van der Waals surface area contributed by atoms with E-state index < -0.39 is 0 Å². The van der Waals surface area contributed by atoms with E-state index in [-0.39, 0.29) is 6.04 Å². The number of hydrogen-bond acceptors (Lipinski definition) is 1. The Labute approximate surface area is 152 Å². The average Bonchev–Trinajstić information content (AvgIpc) is 2.42. The van der Waals surface area contributed by atoms with Crippen LogP contribution in [0, 0.1) is 6.92 Å². The van der Waals surface area contributed by atoms with E-state index in [0.717, 1.165) is 26.6 Å². The molecule has 0 radical (unpaired) electrons. The zero-order valence-electron chi connectivity index (χ0n) is 11.7. The number of aryl methyl sites for hydroxylation is 1. The van der Waals surface area contributed by atoms with Crippen LogP contribution in [0.1, 0.15) is 29.7 Å². The van der Waals surface area contributed by atoms with Crippen molar-refractivity contribution in [3.63, 3.8) is 0 Å². The Morgan fingerprint density at radius 3 is 2.29 bits per heavy atom. The summed E-state index contributed by atoms with van der Waals surface area (Å²) < 4.78 is 2.09. The van der Waals surface area contributed by atoms with Crippen molar-refractivity contribution in [2.45, 2.75) is 19.9 Å². The van der Waals surface area contributed by atoms with Crippen molar-refractivity contribution in [1.82, 2.24) is 5.32 Å². The quantitative estimate of drug-likeness (QED) is 0.557. The second-order valence-electron chi connectivity index (χ2n) is 4.75. The first kappa shape index (κ1) is 17.3. The van der Waals surface area contributed by atoms with Gasteiger partial charge in [-0.2, -0.15) is 0 Å². The molecule has 0 saturated carbocycles. The van der Waals surface area contributed by atoms with Crippen LogP contribution in [0.15, 0.2) is 39.3 Å². The number of hydrogen-bond donors (Lipinski definition) is 1. The van der Waals surface area contributed by atoms with Crippen molar-refractivity contribution in [3.8, 4) is 0 Å². The average molecular weight is 452 g/mol. The van der Waals surface area contributed by atoms with E-state index in [9.17, 15) is 0 Å². The molecule has 21 heavy (non-hydrogen) atoms. The van der Waals surface area contributed by atoms with Crippen LogP contribution in [0.25, 0.3) is 0 Å². The third kappa shape index (κ3) is 3.83. The van der Waals surface area contributed by atoms with Crippen molar-refractivity contribution in [1.29, 1.82) is 0 Å². The summed E-state index contributed by atoms with van der Waals surface area (Å²) in [5.74, 6) is 0. The summed E-state index contributed by atoms with van der Waals surface area (Å²) in [6.45, 7) is 4.93. The second kappa shape index (κ2) is 7.47. The molecular formula is C16H15Br2Cl2N. The Hall–Kier alpha value is -0.0600. The van der Waals surface area contributed by atoms with Crippen molar-refractivity contribution < 1.29 is 0 Å². The third-order valence-corrected chi connectivity index (χ3v) is 5.49. The number of halogens is 4. The monoisotopic (exact) mass is 449 g/mol. The normalized spacial score (nSPS) is 12.5. The first-order valence-corrected chi connectivity index (χ1v) is 8.92. The van der Waals surface area contributed by atoms with Gasteiger partial charge in [0.1, 0.15) is 0 Å². The van der Waals surface area contributed by atoms with Crippen LogP contribution in [0.3, 0.4) is 0 Å². The Balaban J connectivity index is 2.62. The van der Waals surface area contributed by atoms with Gasteiger partial charge in [0.15, 0.2) is 0 Å². The van der Waals surface area contributed by atoms with Gasteiger partial charge in [-0.25, -0.2) is 0 Å². The minimum absolute atomic E-state index is 0.0672. The Morgan fingerprint density at radius 2 is 1.71 bits per heavy atom. The summed E-state index contributed by atoms with van der Waals surface area (Å²) >= 11 is 20.0. The molecule has 0 amide bonds. The van der Waals surface area contributed by atoms with Gasteiger partial charge in [-0.3, -0.25) is 0 Å². The lowest BCUT2D eigenvalue weighted by atomic mass is 9.97. The van der Waals surface area contributed by atoms with Crippen LogP contribution in [0.5, 0.6) is 0 Å². The molecule has 1 nitrogen and oxygen atoms in total. The minimum Gasteiger partial charge on any atom is -0.306 e. The van der Waals surface area contributed by atoms with Crippen LogP contribution in [0.2, 0.25) is 10.0 Å². The summed E-state index contributed by atoms with van der Waals surface area (Å²) in [5.41, 5.74) is 3.18. The zero-order valence-corrected chi connectivity index (χ0v) is 16.4. The fourth-order valence-electron chi connectivity index (χ4n) is 2.24. The molecule has 0 spiro atoms. The lowest BCUT2D eigenvalue weighted by Gasteiger charge is -2.23. The standard InChI is InChI=1S/C16H15Br2Cl2N/c1-3-21-16(15-13(19)5-4-6-14(15)20)10-8-11(17)9(2)7-12(10)18/h4-8,16,21H,3H2,1-2H3. The molecule has 2 aromatic carbocycles. The number of rotatable bonds is 4. The van der Waals surface area contributed by atoms with E-state index in [1.165, 1.54) is 5.56 Å². The van der Waals surface area contributed by atoms with Gasteiger partial charge in [0, 0.05) is 24.6 Å². The van der Waals surface area contributed by atoms with Crippen molar-refractivity contribution >= 4 is 55.1 Å². The third-order valence-electron chi connectivity index (χ3n) is 3.29. The molecule has 0 saturated heterocycles. The minimum atomic E-state index is -0.0672. The summed E-state index contributed by atoms with van der Waals surface area (Å²) in [6, 6.07) is 9.72. The maximum atomic E-state index is 6.38. The van der Waals surface area contributed by atoms with E-state index >= 15 is 0 Å². The van der Waals surface area contributed by atoms with Gasteiger partial charge in [-0.15, -0.1) is 0 Å². The highest BCUT2D eigenvalue weighted by atomic mass is 79.9. The first-order valence-electron chi connectivity index (χ1n) is 6.58. The van der Waals surface area contributed by atoms with E-state index in [0.29, 0.717) is 10.0 Å². The molecule has 1 N–H and O–H groups in total. The Morgan fingerprint density at radius 1 is 1.10 bits per heavy atom. The maximum absolute atomic E-state index is 6.38. The van der Waals surface area contributed by atoms with E-state index in [4.69, 9.17) is 23.2 Å². The predicted molar refractivity (Wildman–Crippen MR) is 98.6 cm³/mol. The molecule has 0 aliphatic rings. The Kier molecular flexibility index (Phi) is 6.15. The molecule has 0 fully saturated rings. The molecule has 2 rings (SSSR count). The van der Waals surface area contributed by atoms with Gasteiger partial charge in [-0.1, -0.05) is 68.1 Å². The predicted octanol–water partition coefficient (Wildman–Crippen LogP) is 6.53. The highest BCUT2D eigenvalue weighted by Gasteiger charge is 2.22. The SMILES string of the molecule is CCNC(c1cc(Br)c(C)cc1Br)c1c(Cl)cccc1Cl. The molecule has 0 aliphatic heterocycles. The highest BCUT2D eigenvalue weighted by molar-refractivity contribution is 9.11. The van der Waals surface area contributed by atoms with Gasteiger partial charge in [-0.05, 0) is 48.9 Å². The lowest BCUT2D eigenvalue weighted by molar-refractivity contribution is 0.628. The fourth-order valence-corrected chi connectivity index (χ4v) is 3.90. The van der Waals surface area contributed by atoms with Gasteiger partial charge < -0.3 is 5.32 Å². The molecule has 0 bridgehead atoms. The summed E-state index contributed by atoms with van der Waals surface area (Å²) in [7, 11) is 0. The summed E-state index contributed by atoms with van der Waals surface area (Å²) in [4.78, 5) is 0. The Bertz CT molecular complexity index is 639. The van der Waals surface area contributed by atoms with Gasteiger partial charge in [0.25, 0.3) is 0 Å². The topological polar surface area (TPSA) is 12.0 Å². The summed E-state index contributed by atoms with van der Waals surface area (Å²) in [5, 5.41) is 4.79. The smallest absolute Gasteiger partial charge is 0.0617 e. The number of nitrogens with one attached hydrogen (secondary N) is 1. The molecule has 0 aliphatic carbocycles. The van der Waals surface area contributed by atoms with Gasteiger partial charge in [0.2, 0.25) is 0 Å². The number of benzene rings is 2. The zero-order chi connectivity index (χ0) is 15.6. The van der Waals surface area contributed by atoms with Crippen molar-refractivity contribution in [3.05, 3.63) is 66.0 Å². The van der Waals surface area contributed by atoms with Gasteiger partial charge in [0.05, 0.1) is 6.04 Å². The molecule has 5 heteroatoms. The van der Waals surface area contributed by atoms with Crippen LogP contribution in [-0.2, 0) is 0 Å². The molecule has 2 aromatic rings. The van der Waals surface area contributed by atoms with Crippen molar-refractivity contribution in [2.75, 3.05) is 6.54 Å². The van der Waals surface area contributed by atoms with E-state index in [1.54, 1.807) is 0 Å². The summed E-state index contributed by atoms with van der Waals surface area (Å²) in [6.07, 6.45) is 0. The maximum Gasteiger partial charge on any atom is 0.0617 e. The molecule has 0 heterocycles. The molecular weight excluding hydrogens is 437 g/mol. The first-order chi connectivity index (χ1) is 9.95. The van der Waals surface area contributed by atoms with Crippen LogP contribution >= 0.6 is 55.1 Å². The largest absolute Gasteiger partial charge is 0.306 e. The fraction of sp³-hybridized carbons (Fsp3) is 0.250. The molecule has 1 unspecified atom stereocenters. The van der Waals surface area contributed by atoms with E-state index in [1.807, 2.05) is 18.2 Å². The second-order valence-corrected chi connectivity index (χ2v) is 7.27. The van der Waals surface area contributed by atoms with Crippen molar-refractivity contribution in [2.24, 2.45) is 0 Å². The van der Waals surface area contributed by atoms with Crippen LogP contribution in [-0.4, -0.2) is 6.54 Å². The molecule has 0 aromatic heterocycles. The van der Waals surface area contributed by atoms with Crippen LogP contribution in [0.4, 0.5) is 0 Å². The van der Waals surface area contributed by atoms with Gasteiger partial charge >= 0.3 is 0 Å². The lowest BCUT2D eigenvalue weighted by Crippen LogP contribution is -2.23. The van der Waals surface area contributed by atoms with Crippen LogP contribution < -0.4 is 5.32 Å². The molecule has 1 atom stereocenters. The van der Waals surface area contributed by atoms with E-state index in [2.05, 4.69) is 63.2 Å². The highest BCUT2D eigenvalue weighted by Crippen LogP contribution is 2.38.